The van der Waals surface area contributed by atoms with Crippen LogP contribution < -0.4 is 5.32 Å². The number of ether oxygens (including phenoxy) is 1. The summed E-state index contributed by atoms with van der Waals surface area (Å²) in [6.07, 6.45) is 0.306. The third kappa shape index (κ3) is 4.04. The van der Waals surface area contributed by atoms with Crippen molar-refractivity contribution in [3.63, 3.8) is 0 Å². The molecule has 1 aliphatic rings. The van der Waals surface area contributed by atoms with E-state index < -0.39 is 0 Å². The van der Waals surface area contributed by atoms with Crippen molar-refractivity contribution >= 4 is 23.2 Å². The lowest BCUT2D eigenvalue weighted by Crippen LogP contribution is -2.42. The van der Waals surface area contributed by atoms with Gasteiger partial charge in [-0.3, -0.25) is 9.59 Å². The van der Waals surface area contributed by atoms with Gasteiger partial charge in [0.25, 0.3) is 0 Å². The van der Waals surface area contributed by atoms with Crippen LogP contribution in [0.3, 0.4) is 0 Å². The molecular weight excluding hydrogens is 264 g/mol. The number of hydrogen-bond acceptors (Lipinski definition) is 4. The predicted octanol–water partition coefficient (Wildman–Crippen LogP) is 1.17. The Morgan fingerprint density at radius 3 is 2.79 bits per heavy atom. The van der Waals surface area contributed by atoms with E-state index in [1.54, 1.807) is 16.2 Å². The van der Waals surface area contributed by atoms with Crippen molar-refractivity contribution in [1.29, 1.82) is 0 Å². The first-order chi connectivity index (χ1) is 9.16. The maximum Gasteiger partial charge on any atom is 0.225 e. The van der Waals surface area contributed by atoms with E-state index in [-0.39, 0.29) is 17.9 Å². The van der Waals surface area contributed by atoms with Crippen LogP contribution in [0.2, 0.25) is 0 Å². The maximum absolute atomic E-state index is 12.2. The highest BCUT2D eigenvalue weighted by atomic mass is 32.1. The Balaban J connectivity index is 1.99. The number of nitrogens with one attached hydrogen (secondary N) is 1. The molecule has 6 heteroatoms. The largest absolute Gasteiger partial charge is 0.378 e. The topological polar surface area (TPSA) is 58.6 Å². The molecule has 1 fully saturated rings. The number of thiophene rings is 1. The Kier molecular flexibility index (Phi) is 4.93. The Hall–Kier alpha value is -1.40. The Labute approximate surface area is 116 Å². The Bertz CT molecular complexity index is 427. The van der Waals surface area contributed by atoms with E-state index in [0.717, 1.165) is 4.88 Å². The van der Waals surface area contributed by atoms with Gasteiger partial charge in [-0.2, -0.15) is 0 Å². The lowest BCUT2D eigenvalue weighted by atomic mass is 10.1. The van der Waals surface area contributed by atoms with E-state index in [9.17, 15) is 9.59 Å². The zero-order valence-electron chi connectivity index (χ0n) is 10.9. The van der Waals surface area contributed by atoms with Crippen molar-refractivity contribution in [2.45, 2.75) is 19.4 Å². The lowest BCUT2D eigenvalue weighted by Gasteiger charge is -2.28. The molecule has 104 valence electrons. The number of carbonyl (C=O) groups excluding carboxylic acids is 2. The van der Waals surface area contributed by atoms with E-state index in [1.165, 1.54) is 6.92 Å². The molecule has 0 spiro atoms. The molecule has 1 aromatic rings. The van der Waals surface area contributed by atoms with Crippen LogP contribution in [0.5, 0.6) is 0 Å². The number of amides is 2. The zero-order valence-corrected chi connectivity index (χ0v) is 11.7. The molecule has 2 rings (SSSR count). The van der Waals surface area contributed by atoms with Crippen LogP contribution in [0.15, 0.2) is 17.5 Å². The zero-order chi connectivity index (χ0) is 13.7. The highest BCUT2D eigenvalue weighted by Crippen LogP contribution is 2.23. The monoisotopic (exact) mass is 282 g/mol. The molecule has 0 aliphatic carbocycles. The quantitative estimate of drug-likeness (QED) is 0.902. The van der Waals surface area contributed by atoms with Crippen LogP contribution in [0.4, 0.5) is 0 Å². The molecule has 1 saturated heterocycles. The van der Waals surface area contributed by atoms with E-state index >= 15 is 0 Å². The summed E-state index contributed by atoms with van der Waals surface area (Å²) < 4.78 is 5.23. The highest BCUT2D eigenvalue weighted by molar-refractivity contribution is 7.10. The minimum absolute atomic E-state index is 0.0652. The van der Waals surface area contributed by atoms with E-state index in [1.807, 2.05) is 17.5 Å². The first-order valence-electron chi connectivity index (χ1n) is 6.33. The van der Waals surface area contributed by atoms with E-state index in [0.29, 0.717) is 32.7 Å². The smallest absolute Gasteiger partial charge is 0.225 e. The fraction of sp³-hybridized carbons (Fsp3) is 0.538. The van der Waals surface area contributed by atoms with Crippen LogP contribution in [0.1, 0.15) is 24.3 Å². The van der Waals surface area contributed by atoms with Crippen molar-refractivity contribution in [2.75, 3.05) is 26.3 Å². The summed E-state index contributed by atoms with van der Waals surface area (Å²) in [4.78, 5) is 26.3. The van der Waals surface area contributed by atoms with E-state index in [2.05, 4.69) is 5.32 Å². The Morgan fingerprint density at radius 1 is 1.47 bits per heavy atom. The van der Waals surface area contributed by atoms with Gasteiger partial charge in [0, 0.05) is 24.9 Å². The molecule has 19 heavy (non-hydrogen) atoms. The average Bonchev–Trinajstić information content (AvgIpc) is 2.92. The van der Waals surface area contributed by atoms with Gasteiger partial charge in [-0.15, -0.1) is 11.3 Å². The van der Waals surface area contributed by atoms with Crippen molar-refractivity contribution in [3.05, 3.63) is 22.4 Å². The van der Waals surface area contributed by atoms with Crippen LogP contribution in [-0.4, -0.2) is 43.0 Å². The number of rotatable bonds is 4. The molecule has 2 heterocycles. The van der Waals surface area contributed by atoms with Gasteiger partial charge >= 0.3 is 0 Å². The fourth-order valence-electron chi connectivity index (χ4n) is 2.07. The van der Waals surface area contributed by atoms with Gasteiger partial charge < -0.3 is 15.0 Å². The molecule has 0 aromatic carbocycles. The first-order valence-corrected chi connectivity index (χ1v) is 7.21. The van der Waals surface area contributed by atoms with Crippen LogP contribution >= 0.6 is 11.3 Å². The average molecular weight is 282 g/mol. The second kappa shape index (κ2) is 6.68. The number of nitrogens with zero attached hydrogens (tertiary/aromatic N) is 1. The van der Waals surface area contributed by atoms with Crippen molar-refractivity contribution in [1.82, 2.24) is 10.2 Å². The van der Waals surface area contributed by atoms with Gasteiger partial charge in [0.15, 0.2) is 0 Å². The summed E-state index contributed by atoms with van der Waals surface area (Å²) in [7, 11) is 0. The second-order valence-corrected chi connectivity index (χ2v) is 5.45. The van der Waals surface area contributed by atoms with Gasteiger partial charge in [-0.05, 0) is 11.4 Å². The number of hydrogen-bond donors (Lipinski definition) is 1. The predicted molar refractivity (Wildman–Crippen MR) is 72.9 cm³/mol. The van der Waals surface area contributed by atoms with Crippen LogP contribution in [0.25, 0.3) is 0 Å². The summed E-state index contributed by atoms with van der Waals surface area (Å²) in [6.45, 7) is 3.93. The van der Waals surface area contributed by atoms with Crippen LogP contribution in [0, 0.1) is 0 Å². The first kappa shape index (κ1) is 14.0. The van der Waals surface area contributed by atoms with Crippen molar-refractivity contribution in [3.8, 4) is 0 Å². The molecule has 1 N–H and O–H groups in total. The van der Waals surface area contributed by atoms with Crippen molar-refractivity contribution < 1.29 is 14.3 Å². The molecule has 0 saturated carbocycles. The van der Waals surface area contributed by atoms with Gasteiger partial charge in [0.1, 0.15) is 0 Å². The second-order valence-electron chi connectivity index (χ2n) is 4.47. The lowest BCUT2D eigenvalue weighted by molar-refractivity contribution is -0.136. The van der Waals surface area contributed by atoms with Crippen molar-refractivity contribution in [2.24, 2.45) is 0 Å². The number of morpholine rings is 1. The Morgan fingerprint density at radius 2 is 2.21 bits per heavy atom. The fourth-order valence-corrected chi connectivity index (χ4v) is 2.85. The molecule has 0 bridgehead atoms. The third-order valence-corrected chi connectivity index (χ3v) is 3.99. The maximum atomic E-state index is 12.2. The minimum Gasteiger partial charge on any atom is -0.378 e. The summed E-state index contributed by atoms with van der Waals surface area (Å²) in [5.41, 5.74) is 0. The summed E-state index contributed by atoms with van der Waals surface area (Å²) in [6, 6.07) is 3.64. The van der Waals surface area contributed by atoms with Gasteiger partial charge in [-0.1, -0.05) is 6.07 Å². The number of carbonyl (C=O) groups is 2. The summed E-state index contributed by atoms with van der Waals surface area (Å²) >= 11 is 1.55. The highest BCUT2D eigenvalue weighted by Gasteiger charge is 2.23. The molecule has 0 unspecified atom stereocenters. The van der Waals surface area contributed by atoms with Gasteiger partial charge in [0.05, 0.1) is 25.7 Å². The third-order valence-electron chi connectivity index (χ3n) is 3.01. The standard InChI is InChI=1S/C13H18N2O3S/c1-10(16)14-11(12-3-2-8-19-12)9-13(17)15-4-6-18-7-5-15/h2-3,8,11H,4-7,9H2,1H3,(H,14,16)/t11-/m1/s1. The SMILES string of the molecule is CC(=O)N[C@H](CC(=O)N1CCOCC1)c1cccs1. The summed E-state index contributed by atoms with van der Waals surface area (Å²) in [5.74, 6) is -0.0522. The van der Waals surface area contributed by atoms with Crippen LogP contribution in [-0.2, 0) is 14.3 Å². The molecular formula is C13H18N2O3S. The molecule has 1 aliphatic heterocycles. The van der Waals surface area contributed by atoms with Gasteiger partial charge in [0.2, 0.25) is 11.8 Å². The summed E-state index contributed by atoms with van der Waals surface area (Å²) in [5, 5.41) is 4.79. The van der Waals surface area contributed by atoms with E-state index in [4.69, 9.17) is 4.74 Å². The molecule has 2 amide bonds. The molecule has 1 atom stereocenters. The molecule has 1 aromatic heterocycles. The molecule has 0 radical (unpaired) electrons. The molecule has 5 nitrogen and oxygen atoms in total. The van der Waals surface area contributed by atoms with Gasteiger partial charge in [-0.25, -0.2) is 0 Å². The minimum atomic E-state index is -0.229. The normalized spacial score (nSPS) is 17.0.